The van der Waals surface area contributed by atoms with Gasteiger partial charge in [-0.25, -0.2) is 8.42 Å². The smallest absolute Gasteiger partial charge is 0.744 e. The van der Waals surface area contributed by atoms with E-state index in [2.05, 4.69) is 49.6 Å². The molecule has 2 atom stereocenters. The van der Waals surface area contributed by atoms with E-state index in [0.717, 1.165) is 12.1 Å². The second-order valence-corrected chi connectivity index (χ2v) is 16.7. The van der Waals surface area contributed by atoms with Crippen LogP contribution in [-0.4, -0.2) is 68.4 Å². The number of carboxylic acid groups (broad SMARTS) is 1. The molecule has 2 aliphatic carbocycles. The van der Waals surface area contributed by atoms with Gasteiger partial charge in [0.05, 0.1) is 62.7 Å². The minimum atomic E-state index is -5.39. The van der Waals surface area contributed by atoms with Crippen molar-refractivity contribution in [3.05, 3.63) is 136 Å². The van der Waals surface area contributed by atoms with Crippen molar-refractivity contribution in [2.24, 2.45) is 11.8 Å². The molecule has 2 heterocycles. The number of nitrogens with zero attached hydrogens (tertiary/aromatic N) is 4. The number of hydrogen-bond acceptors (Lipinski definition) is 23. The second kappa shape index (κ2) is 25.1. The summed E-state index contributed by atoms with van der Waals surface area (Å²) >= 11 is 0.728. The minimum Gasteiger partial charge on any atom is -0.744 e. The monoisotopic (exact) mass is 1030 g/mol. The van der Waals surface area contributed by atoms with Gasteiger partial charge in [0, 0.05) is 51.6 Å². The van der Waals surface area contributed by atoms with E-state index in [1.807, 2.05) is 0 Å². The molecule has 1 aromatic heterocycles. The van der Waals surface area contributed by atoms with Gasteiger partial charge in [-0.05, 0) is 53.6 Å². The fourth-order valence-corrected chi connectivity index (χ4v) is 9.17. The topological polar surface area (TPSA) is 330 Å². The molecule has 4 N–H and O–H groups in total. The van der Waals surface area contributed by atoms with Crippen LogP contribution in [0.25, 0.3) is 5.57 Å². The van der Waals surface area contributed by atoms with E-state index < -0.39 is 73.9 Å². The molecule has 2 unspecified atom stereocenters. The second-order valence-electron chi connectivity index (χ2n) is 13.8. The molecule has 8 rings (SSSR count). The van der Waals surface area contributed by atoms with Crippen LogP contribution in [0.1, 0.15) is 36.6 Å². The average Bonchev–Trinajstić information content (AvgIpc) is 3.28. The summed E-state index contributed by atoms with van der Waals surface area (Å²) in [6.45, 7) is 0. The number of hydrogen-bond donors (Lipinski definition) is 4. The van der Waals surface area contributed by atoms with Crippen molar-refractivity contribution < 1.29 is 190 Å². The van der Waals surface area contributed by atoms with Crippen molar-refractivity contribution in [1.82, 2.24) is 19.9 Å². The number of carboxylic acids is 1. The molecule has 4 aromatic carbocycles. The van der Waals surface area contributed by atoms with E-state index in [4.69, 9.17) is 0 Å². The molecule has 5 aromatic rings. The quantitative estimate of drug-likeness (QED) is 0.0136. The summed E-state index contributed by atoms with van der Waals surface area (Å²) in [4.78, 5) is 67.0. The van der Waals surface area contributed by atoms with E-state index >= 15 is 0 Å². The van der Waals surface area contributed by atoms with Crippen LogP contribution in [0.3, 0.4) is 0 Å². The number of carbonyl (C=O) groups excluding carboxylic acids is 4. The Labute approximate surface area is 487 Å². The molecular weight excluding hydrogens is 1010 g/mol. The Kier molecular flexibility index (Phi) is 21.3. The molecule has 22 nitrogen and oxygen atoms in total. The Morgan fingerprint density at radius 1 is 0.754 bits per heavy atom. The molecule has 1 aliphatic heterocycles. The predicted octanol–water partition coefficient (Wildman–Crippen LogP) is -9.76. The fourth-order valence-electron chi connectivity index (χ4n) is 7.57. The molecule has 1 amide bonds. The first-order valence-corrected chi connectivity index (χ1v) is 21.3. The van der Waals surface area contributed by atoms with E-state index in [-0.39, 0.29) is 180 Å². The first-order chi connectivity index (χ1) is 31.2. The summed E-state index contributed by atoms with van der Waals surface area (Å²) in [7, 11) is -3.95. The predicted molar refractivity (Wildman–Crippen MR) is 217 cm³/mol. The number of amides is 1. The van der Waals surface area contributed by atoms with Gasteiger partial charge < -0.3 is 50.9 Å². The molecule has 3 aliphatic rings. The van der Waals surface area contributed by atoms with Crippen molar-refractivity contribution in [3.63, 3.8) is 0 Å². The van der Waals surface area contributed by atoms with Crippen LogP contribution in [0.15, 0.2) is 129 Å². The van der Waals surface area contributed by atoms with Crippen molar-refractivity contribution in [1.29, 1.82) is 0 Å². The molecule has 0 saturated carbocycles. The van der Waals surface area contributed by atoms with Crippen molar-refractivity contribution in [3.8, 4) is 6.01 Å². The van der Waals surface area contributed by atoms with Crippen molar-refractivity contribution >= 4 is 92.2 Å². The molecule has 0 fully saturated rings. The summed E-state index contributed by atoms with van der Waals surface area (Å²) in [5.41, 5.74) is -0.0159. The number of fused-ring (bicyclic) bond motifs is 2. The fraction of sp³-hybridized carbons (Fsp3) is 0.0750. The van der Waals surface area contributed by atoms with Crippen LogP contribution < -0.4 is 150 Å². The number of ketones is 2. The number of allylic oxidation sites excluding steroid dienone is 4. The number of aromatic carboxylic acids is 1. The zero-order valence-corrected chi connectivity index (χ0v) is 47.0. The van der Waals surface area contributed by atoms with E-state index in [9.17, 15) is 52.9 Å². The standard InChI is InChI=1S/C40H29N7O15S3.4Na/c1-47-27-14-13-24(31-32(27)30(20-9-2-3-10-21(20)35(31)49)33(36(47)50)34(48)18-7-6-8-19(15-18)63-61-59-54)41-25-16-26(29(65(56,57)58)17-28(25)64-62-60-55)43-39-44-38(45-40(53)46-39)42-23-12-5-4-11-22(23)37(51)52;;;;/h2-17,31-32,41,54-55H,1H3,(H,51,52)(H,56,57,58)(H3,42,43,44,45,46,53);;;;/q;4*+1/p-4. The number of rotatable bonds is 16. The van der Waals surface area contributed by atoms with Gasteiger partial charge in [-0.2, -0.15) is 23.6 Å². The number of benzene rings is 4. The van der Waals surface area contributed by atoms with Gasteiger partial charge in [-0.1, -0.05) is 54.6 Å². The zero-order chi connectivity index (χ0) is 46.2. The molecule has 0 bridgehead atoms. The summed E-state index contributed by atoms with van der Waals surface area (Å²) < 4.78 is 47.1. The van der Waals surface area contributed by atoms with Crippen LogP contribution in [0.4, 0.5) is 29.0 Å². The van der Waals surface area contributed by atoms with Crippen molar-refractivity contribution in [2.75, 3.05) is 23.0 Å². The molecule has 0 spiro atoms. The number of anilines is 5. The largest absolute Gasteiger partial charge is 1.00 e. The van der Waals surface area contributed by atoms with Gasteiger partial charge in [0.2, 0.25) is 11.9 Å². The Hall–Kier alpha value is -3.04. The Morgan fingerprint density at radius 3 is 2.06 bits per heavy atom. The van der Waals surface area contributed by atoms with Gasteiger partial charge in [0.1, 0.15) is 10.1 Å². The van der Waals surface area contributed by atoms with Crippen LogP contribution in [-0.2, 0) is 33.7 Å². The van der Waals surface area contributed by atoms with E-state index in [1.54, 1.807) is 24.3 Å². The van der Waals surface area contributed by atoms with Gasteiger partial charge in [-0.15, -0.1) is 0 Å². The van der Waals surface area contributed by atoms with Gasteiger partial charge in [0.15, 0.2) is 11.6 Å². The molecule has 29 heteroatoms. The Balaban J connectivity index is 0.00000259. The summed E-state index contributed by atoms with van der Waals surface area (Å²) in [5.74, 6) is -6.56. The number of nitrogens with one attached hydrogen (secondary N) is 3. The number of aromatic hydroxyl groups is 1. The van der Waals surface area contributed by atoms with Crippen LogP contribution in [0.2, 0.25) is 0 Å². The average molecular weight is 1030 g/mol. The SMILES string of the molecule is CN1C(=O)C(C(=O)c2cccc(SOO[O-])c2)=C2c3ccccc3C(=O)C3C(Nc4cc(Nc5nc(O)nc(Nc6ccccc6C(=O)[O-])n5)c(S(=O)(=O)[O-])cc4SOO[O-])=CC=C1C23.[Na+].[Na+].[Na+].[Na+]. The minimum absolute atomic E-state index is 0. The van der Waals surface area contributed by atoms with E-state index in [0.29, 0.717) is 28.2 Å². The van der Waals surface area contributed by atoms with E-state index in [1.165, 1.54) is 72.6 Å². The number of likely N-dealkylation sites (N-methyl/N-ethyl adjacent to an activating group) is 1. The normalized spacial score (nSPS) is 15.6. The van der Waals surface area contributed by atoms with Gasteiger partial charge in [0.25, 0.3) is 5.91 Å². The third kappa shape index (κ3) is 12.4. The third-order valence-corrected chi connectivity index (χ3v) is 12.3. The van der Waals surface area contributed by atoms with Gasteiger partial charge >= 0.3 is 124 Å². The van der Waals surface area contributed by atoms with Crippen LogP contribution >= 0.6 is 24.1 Å². The molecule has 332 valence electrons. The molecule has 0 radical (unpaired) electrons. The number of para-hydroxylation sites is 1. The van der Waals surface area contributed by atoms with Gasteiger partial charge in [-0.3, -0.25) is 24.5 Å². The summed E-state index contributed by atoms with van der Waals surface area (Å²) in [6.07, 6.45) is 3.02. The first-order valence-electron chi connectivity index (χ1n) is 18.4. The van der Waals surface area contributed by atoms with Crippen molar-refractivity contribution in [2.45, 2.75) is 14.7 Å². The molecular formula is C40H25N7Na4O15S3. The van der Waals surface area contributed by atoms with Crippen LogP contribution in [0.5, 0.6) is 6.01 Å². The molecule has 0 saturated heterocycles. The summed E-state index contributed by atoms with van der Waals surface area (Å²) in [5, 5.41) is 58.7. The number of aromatic nitrogens is 3. The maximum absolute atomic E-state index is 14.7. The Morgan fingerprint density at radius 2 is 1.39 bits per heavy atom. The maximum atomic E-state index is 14.7. The first kappa shape index (κ1) is 58.5. The van der Waals surface area contributed by atoms with Crippen LogP contribution in [0, 0.1) is 11.8 Å². The zero-order valence-electron chi connectivity index (χ0n) is 36.6. The number of Topliss-reactive ketones (excluding diaryl/α,β-unsaturated/α-hetero) is 2. The Bertz CT molecular complexity index is 3060. The number of carbonyl (C=O) groups is 4. The maximum Gasteiger partial charge on any atom is 1.00 e. The third-order valence-electron chi connectivity index (χ3n) is 10.2. The molecule has 69 heavy (non-hydrogen) atoms. The summed E-state index contributed by atoms with van der Waals surface area (Å²) in [6, 6.07) is 18.7.